The van der Waals surface area contributed by atoms with Gasteiger partial charge in [-0.15, -0.1) is 0 Å². The van der Waals surface area contributed by atoms with E-state index in [4.69, 9.17) is 0 Å². The van der Waals surface area contributed by atoms with Crippen molar-refractivity contribution in [2.45, 2.75) is 30.5 Å². The largest absolute Gasteiger partial charge is 0.390 e. The average molecular weight is 439 g/mol. The number of nitrogens with one attached hydrogen (secondary N) is 1. The maximum atomic E-state index is 13.4. The Morgan fingerprint density at radius 1 is 1.10 bits per heavy atom. The molecule has 0 aliphatic carbocycles. The first kappa shape index (κ1) is 21.3. The molecule has 10 heteroatoms. The molecule has 29 heavy (non-hydrogen) atoms. The van der Waals surface area contributed by atoms with Gasteiger partial charge in [0.15, 0.2) is 9.84 Å². The number of hydrogen-bond acceptors (Lipinski definition) is 6. The number of aliphatic hydroxyl groups is 1. The number of para-hydroxylation sites is 1. The minimum absolute atomic E-state index is 0.0376. The van der Waals surface area contributed by atoms with Crippen LogP contribution in [-0.2, 0) is 31.2 Å². The lowest BCUT2D eigenvalue weighted by Crippen LogP contribution is -2.47. The SMILES string of the molecule is CC(=O)NCc1ccc(S(=O)(=O)N(c2ccccc2)[C@@H]2CS(=O)(=O)C[C@H]2O)cc1. The van der Waals surface area contributed by atoms with Crippen LogP contribution >= 0.6 is 0 Å². The van der Waals surface area contributed by atoms with Gasteiger partial charge in [0, 0.05) is 13.5 Å². The van der Waals surface area contributed by atoms with Gasteiger partial charge < -0.3 is 10.4 Å². The van der Waals surface area contributed by atoms with Gasteiger partial charge in [-0.3, -0.25) is 9.10 Å². The molecule has 156 valence electrons. The zero-order chi connectivity index (χ0) is 21.2. The maximum absolute atomic E-state index is 13.4. The maximum Gasteiger partial charge on any atom is 0.264 e. The van der Waals surface area contributed by atoms with E-state index in [1.54, 1.807) is 42.5 Å². The van der Waals surface area contributed by atoms with Crippen LogP contribution in [0.25, 0.3) is 0 Å². The first-order chi connectivity index (χ1) is 13.6. The van der Waals surface area contributed by atoms with Crippen molar-refractivity contribution in [2.24, 2.45) is 0 Å². The second-order valence-corrected chi connectivity index (χ2v) is 10.9. The summed E-state index contributed by atoms with van der Waals surface area (Å²) in [6.45, 7) is 1.65. The highest BCUT2D eigenvalue weighted by Crippen LogP contribution is 2.31. The van der Waals surface area contributed by atoms with Crippen molar-refractivity contribution >= 4 is 31.5 Å². The quantitative estimate of drug-likeness (QED) is 0.684. The van der Waals surface area contributed by atoms with Gasteiger partial charge in [-0.1, -0.05) is 30.3 Å². The van der Waals surface area contributed by atoms with Crippen molar-refractivity contribution in [3.05, 3.63) is 60.2 Å². The molecule has 1 aliphatic heterocycles. The highest BCUT2D eigenvalue weighted by Gasteiger charge is 2.44. The molecule has 3 rings (SSSR count). The van der Waals surface area contributed by atoms with Crippen molar-refractivity contribution in [1.82, 2.24) is 5.32 Å². The first-order valence-electron chi connectivity index (χ1n) is 8.91. The Hall–Kier alpha value is -2.43. The second-order valence-electron chi connectivity index (χ2n) is 6.90. The summed E-state index contributed by atoms with van der Waals surface area (Å²) in [5.74, 6) is -1.14. The van der Waals surface area contributed by atoms with Crippen LogP contribution in [-0.4, -0.2) is 51.5 Å². The van der Waals surface area contributed by atoms with Crippen LogP contribution in [0.4, 0.5) is 5.69 Å². The number of sulfonamides is 1. The van der Waals surface area contributed by atoms with Gasteiger partial charge in [-0.05, 0) is 29.8 Å². The number of amides is 1. The Labute approximate surface area is 170 Å². The lowest BCUT2D eigenvalue weighted by atomic mass is 10.2. The molecular weight excluding hydrogens is 416 g/mol. The molecule has 0 spiro atoms. The standard InChI is InChI=1S/C19H22N2O6S2/c1-14(22)20-11-15-7-9-17(10-8-15)29(26,27)21(16-5-3-2-4-6-16)18-12-28(24,25)13-19(18)23/h2-10,18-19,23H,11-13H2,1H3,(H,20,22)/t18-,19-/m1/s1. The highest BCUT2D eigenvalue weighted by atomic mass is 32.2. The Balaban J connectivity index is 2.00. The third-order valence-electron chi connectivity index (χ3n) is 4.63. The van der Waals surface area contributed by atoms with Gasteiger partial charge in [0.1, 0.15) is 0 Å². The Morgan fingerprint density at radius 3 is 2.24 bits per heavy atom. The number of nitrogens with zero attached hydrogens (tertiary/aromatic N) is 1. The smallest absolute Gasteiger partial charge is 0.264 e. The number of aliphatic hydroxyl groups excluding tert-OH is 1. The number of hydrogen-bond donors (Lipinski definition) is 2. The summed E-state index contributed by atoms with van der Waals surface area (Å²) in [5.41, 5.74) is 0.991. The molecule has 0 bridgehead atoms. The van der Waals surface area contributed by atoms with Crippen LogP contribution in [0.2, 0.25) is 0 Å². The summed E-state index contributed by atoms with van der Waals surface area (Å²) in [4.78, 5) is 11.0. The summed E-state index contributed by atoms with van der Waals surface area (Å²) in [5, 5.41) is 12.9. The third kappa shape index (κ3) is 4.77. The predicted octanol–water partition coefficient (Wildman–Crippen LogP) is 0.676. The summed E-state index contributed by atoms with van der Waals surface area (Å²) in [6, 6.07) is 13.0. The Bertz CT molecular complexity index is 1080. The topological polar surface area (TPSA) is 121 Å². The monoisotopic (exact) mass is 438 g/mol. The van der Waals surface area contributed by atoms with E-state index in [0.717, 1.165) is 4.31 Å². The van der Waals surface area contributed by atoms with Crippen LogP contribution in [0.15, 0.2) is 59.5 Å². The van der Waals surface area contributed by atoms with E-state index in [-0.39, 0.29) is 23.0 Å². The molecule has 2 aromatic rings. The van der Waals surface area contributed by atoms with Gasteiger partial charge in [0.2, 0.25) is 5.91 Å². The van der Waals surface area contributed by atoms with E-state index in [1.807, 2.05) is 0 Å². The number of carbonyl (C=O) groups is 1. The van der Waals surface area contributed by atoms with E-state index < -0.39 is 43.5 Å². The van der Waals surface area contributed by atoms with Crippen LogP contribution in [0.3, 0.4) is 0 Å². The van der Waals surface area contributed by atoms with E-state index in [0.29, 0.717) is 5.56 Å². The summed E-state index contributed by atoms with van der Waals surface area (Å²) in [6.07, 6.45) is -1.32. The van der Waals surface area contributed by atoms with Crippen molar-refractivity contribution in [3.63, 3.8) is 0 Å². The number of anilines is 1. The Morgan fingerprint density at radius 2 is 1.72 bits per heavy atom. The highest BCUT2D eigenvalue weighted by molar-refractivity contribution is 7.93. The van der Waals surface area contributed by atoms with E-state index in [9.17, 15) is 26.7 Å². The van der Waals surface area contributed by atoms with Crippen LogP contribution in [0.5, 0.6) is 0 Å². The van der Waals surface area contributed by atoms with Gasteiger partial charge in [0.05, 0.1) is 34.2 Å². The van der Waals surface area contributed by atoms with E-state index in [1.165, 1.54) is 19.1 Å². The fraction of sp³-hybridized carbons (Fsp3) is 0.316. The van der Waals surface area contributed by atoms with Gasteiger partial charge in [0.25, 0.3) is 10.0 Å². The van der Waals surface area contributed by atoms with E-state index in [2.05, 4.69) is 5.32 Å². The van der Waals surface area contributed by atoms with Gasteiger partial charge >= 0.3 is 0 Å². The molecule has 1 amide bonds. The zero-order valence-corrected chi connectivity index (χ0v) is 17.4. The molecule has 0 saturated carbocycles. The fourth-order valence-corrected chi connectivity index (χ4v) is 6.78. The van der Waals surface area contributed by atoms with E-state index >= 15 is 0 Å². The number of rotatable bonds is 6. The van der Waals surface area contributed by atoms with Crippen LogP contribution < -0.4 is 9.62 Å². The minimum atomic E-state index is -4.15. The molecule has 2 N–H and O–H groups in total. The second kappa shape index (κ2) is 8.13. The number of sulfone groups is 1. The molecule has 0 radical (unpaired) electrons. The predicted molar refractivity (Wildman–Crippen MR) is 109 cm³/mol. The molecule has 1 saturated heterocycles. The molecule has 8 nitrogen and oxygen atoms in total. The third-order valence-corrected chi connectivity index (χ3v) is 8.19. The molecule has 1 heterocycles. The first-order valence-corrected chi connectivity index (χ1v) is 12.2. The van der Waals surface area contributed by atoms with Crippen molar-refractivity contribution in [2.75, 3.05) is 15.8 Å². The molecular formula is C19H22N2O6S2. The van der Waals surface area contributed by atoms with Crippen LogP contribution in [0.1, 0.15) is 12.5 Å². The van der Waals surface area contributed by atoms with Gasteiger partial charge in [-0.2, -0.15) is 0 Å². The average Bonchev–Trinajstić information content (AvgIpc) is 2.93. The number of carbonyl (C=O) groups excluding carboxylic acids is 1. The van der Waals surface area contributed by atoms with Crippen molar-refractivity contribution < 1.29 is 26.7 Å². The lowest BCUT2D eigenvalue weighted by molar-refractivity contribution is -0.119. The minimum Gasteiger partial charge on any atom is -0.390 e. The molecule has 0 unspecified atom stereocenters. The summed E-state index contributed by atoms with van der Waals surface area (Å²) < 4.78 is 51.8. The summed E-state index contributed by atoms with van der Waals surface area (Å²) >= 11 is 0. The normalized spacial score (nSPS) is 20.9. The van der Waals surface area contributed by atoms with Gasteiger partial charge in [-0.25, -0.2) is 16.8 Å². The summed E-state index contributed by atoms with van der Waals surface area (Å²) in [7, 11) is -7.71. The molecule has 1 fully saturated rings. The zero-order valence-electron chi connectivity index (χ0n) is 15.7. The fourth-order valence-electron chi connectivity index (χ4n) is 3.24. The van der Waals surface area contributed by atoms with Crippen molar-refractivity contribution in [3.8, 4) is 0 Å². The molecule has 2 atom stereocenters. The lowest BCUT2D eigenvalue weighted by Gasteiger charge is -2.31. The van der Waals surface area contributed by atoms with Crippen molar-refractivity contribution in [1.29, 1.82) is 0 Å². The molecule has 1 aliphatic rings. The van der Waals surface area contributed by atoms with Crippen LogP contribution in [0, 0.1) is 0 Å². The molecule has 0 aromatic heterocycles. The Kier molecular flexibility index (Phi) is 5.97. The number of benzene rings is 2. The molecule has 2 aromatic carbocycles.